The van der Waals surface area contributed by atoms with Crippen LogP contribution in [0.2, 0.25) is 0 Å². The normalized spacial score (nSPS) is 11.4. The third-order valence-electron chi connectivity index (χ3n) is 2.06. The molecule has 0 fully saturated rings. The van der Waals surface area contributed by atoms with Crippen LogP contribution in [0.4, 0.5) is 0 Å². The van der Waals surface area contributed by atoms with Crippen LogP contribution in [0, 0.1) is 17.7 Å². The average molecular weight is 175 g/mol. The molecule has 0 bridgehead atoms. The molecule has 1 heteroatoms. The van der Waals surface area contributed by atoms with Crippen LogP contribution in [0.25, 0.3) is 0 Å². The lowest BCUT2D eigenvalue weighted by molar-refractivity contribution is 0.588. The van der Waals surface area contributed by atoms with Crippen molar-refractivity contribution in [3.05, 3.63) is 35.4 Å². The monoisotopic (exact) mass is 175 g/mol. The van der Waals surface area contributed by atoms with Gasteiger partial charge in [0.25, 0.3) is 0 Å². The highest BCUT2D eigenvalue weighted by atomic mass is 14.5. The first kappa shape index (κ1) is 9.97. The summed E-state index contributed by atoms with van der Waals surface area (Å²) in [5.41, 5.74) is 2.89. The summed E-state index contributed by atoms with van der Waals surface area (Å²) < 4.78 is 0. The number of hydrogen-bond acceptors (Lipinski definition) is 1. The van der Waals surface area contributed by atoms with Gasteiger partial charge < -0.3 is 5.41 Å². The standard InChI is InChI=1S/C12H17N/c1-9-6-5-7-10(8-9)11(13)12(2,3)4/h5-8,13H,1-4H3. The minimum atomic E-state index is -0.0617. The molecule has 1 nitrogen and oxygen atoms in total. The molecule has 0 atom stereocenters. The zero-order chi connectivity index (χ0) is 10.1. The summed E-state index contributed by atoms with van der Waals surface area (Å²) in [5.74, 6) is 0. The molecule has 0 amide bonds. The van der Waals surface area contributed by atoms with Gasteiger partial charge in [-0.05, 0) is 12.5 Å². The third-order valence-corrected chi connectivity index (χ3v) is 2.06. The first-order valence-electron chi connectivity index (χ1n) is 4.57. The Labute approximate surface area is 80.3 Å². The predicted octanol–water partition coefficient (Wildman–Crippen LogP) is 3.41. The van der Waals surface area contributed by atoms with Crippen molar-refractivity contribution >= 4 is 5.71 Å². The number of benzene rings is 1. The molecule has 1 aromatic carbocycles. The minimum absolute atomic E-state index is 0.0617. The fraction of sp³-hybridized carbons (Fsp3) is 0.417. The van der Waals surface area contributed by atoms with E-state index in [0.29, 0.717) is 5.71 Å². The highest BCUT2D eigenvalue weighted by Crippen LogP contribution is 2.20. The first-order valence-corrected chi connectivity index (χ1v) is 4.57. The van der Waals surface area contributed by atoms with Crippen molar-refractivity contribution < 1.29 is 0 Å². The van der Waals surface area contributed by atoms with Crippen LogP contribution in [0.1, 0.15) is 31.9 Å². The summed E-state index contributed by atoms with van der Waals surface area (Å²) in [7, 11) is 0. The van der Waals surface area contributed by atoms with E-state index in [1.807, 2.05) is 12.1 Å². The van der Waals surface area contributed by atoms with Crippen LogP contribution in [-0.2, 0) is 0 Å². The molecule has 0 heterocycles. The van der Waals surface area contributed by atoms with Crippen LogP contribution in [-0.4, -0.2) is 5.71 Å². The zero-order valence-corrected chi connectivity index (χ0v) is 8.81. The molecule has 0 saturated heterocycles. The van der Waals surface area contributed by atoms with Crippen LogP contribution in [0.5, 0.6) is 0 Å². The van der Waals surface area contributed by atoms with Crippen LogP contribution >= 0.6 is 0 Å². The van der Waals surface area contributed by atoms with Gasteiger partial charge in [-0.15, -0.1) is 0 Å². The van der Waals surface area contributed by atoms with E-state index in [0.717, 1.165) is 5.56 Å². The van der Waals surface area contributed by atoms with Crippen molar-refractivity contribution in [2.24, 2.45) is 5.41 Å². The topological polar surface area (TPSA) is 23.9 Å². The lowest BCUT2D eigenvalue weighted by Crippen LogP contribution is -2.20. The van der Waals surface area contributed by atoms with E-state index in [9.17, 15) is 0 Å². The van der Waals surface area contributed by atoms with Crippen molar-refractivity contribution in [1.82, 2.24) is 0 Å². The Bertz CT molecular complexity index is 318. The second kappa shape index (κ2) is 3.33. The van der Waals surface area contributed by atoms with Gasteiger partial charge in [-0.25, -0.2) is 0 Å². The molecule has 1 N–H and O–H groups in total. The maximum atomic E-state index is 7.98. The van der Waals surface area contributed by atoms with E-state index >= 15 is 0 Å². The summed E-state index contributed by atoms with van der Waals surface area (Å²) in [6.45, 7) is 8.26. The molecule has 0 unspecified atom stereocenters. The second-order valence-corrected chi connectivity index (χ2v) is 4.49. The van der Waals surface area contributed by atoms with Crippen LogP contribution in [0.3, 0.4) is 0 Å². The van der Waals surface area contributed by atoms with Crippen molar-refractivity contribution in [2.45, 2.75) is 27.7 Å². The van der Waals surface area contributed by atoms with Gasteiger partial charge in [0.1, 0.15) is 0 Å². The fourth-order valence-electron chi connectivity index (χ4n) is 1.23. The minimum Gasteiger partial charge on any atom is -0.304 e. The number of hydrogen-bond donors (Lipinski definition) is 1. The predicted molar refractivity (Wildman–Crippen MR) is 57.5 cm³/mol. The van der Waals surface area contributed by atoms with Gasteiger partial charge >= 0.3 is 0 Å². The molecule has 1 rings (SSSR count). The van der Waals surface area contributed by atoms with Gasteiger partial charge in [-0.3, -0.25) is 0 Å². The molecule has 0 aromatic heterocycles. The smallest absolute Gasteiger partial charge is 0.0439 e. The van der Waals surface area contributed by atoms with E-state index in [1.54, 1.807) is 0 Å². The van der Waals surface area contributed by atoms with Gasteiger partial charge in [0.2, 0.25) is 0 Å². The summed E-state index contributed by atoms with van der Waals surface area (Å²) in [6, 6.07) is 8.12. The number of rotatable bonds is 1. The van der Waals surface area contributed by atoms with Crippen molar-refractivity contribution in [1.29, 1.82) is 5.41 Å². The molecular formula is C12H17N. The lowest BCUT2D eigenvalue weighted by Gasteiger charge is -2.20. The van der Waals surface area contributed by atoms with Crippen LogP contribution < -0.4 is 0 Å². The molecule has 1 aromatic rings. The van der Waals surface area contributed by atoms with Gasteiger partial charge in [-0.1, -0.05) is 50.6 Å². The Hall–Kier alpha value is -1.11. The summed E-state index contributed by atoms with van der Waals surface area (Å²) in [6.07, 6.45) is 0. The average Bonchev–Trinajstić information content (AvgIpc) is 2.01. The maximum absolute atomic E-state index is 7.98. The Kier molecular flexibility index (Phi) is 2.55. The van der Waals surface area contributed by atoms with E-state index in [-0.39, 0.29) is 5.41 Å². The molecule has 0 saturated carbocycles. The van der Waals surface area contributed by atoms with Crippen molar-refractivity contribution in [2.75, 3.05) is 0 Å². The maximum Gasteiger partial charge on any atom is 0.0439 e. The van der Waals surface area contributed by atoms with E-state index in [2.05, 4.69) is 39.8 Å². The van der Waals surface area contributed by atoms with Gasteiger partial charge in [0.05, 0.1) is 0 Å². The fourth-order valence-corrected chi connectivity index (χ4v) is 1.23. The highest BCUT2D eigenvalue weighted by molar-refractivity contribution is 6.01. The first-order chi connectivity index (χ1) is 5.91. The quantitative estimate of drug-likeness (QED) is 0.632. The Balaban J connectivity index is 3.03. The summed E-state index contributed by atoms with van der Waals surface area (Å²) >= 11 is 0. The zero-order valence-electron chi connectivity index (χ0n) is 8.81. The SMILES string of the molecule is Cc1cccc(C(=N)C(C)(C)C)c1. The molecule has 70 valence electrons. The molecule has 0 radical (unpaired) electrons. The van der Waals surface area contributed by atoms with Gasteiger partial charge in [-0.2, -0.15) is 0 Å². The molecule has 0 aliphatic carbocycles. The summed E-state index contributed by atoms with van der Waals surface area (Å²) in [5, 5.41) is 7.98. The molecule has 0 aliphatic rings. The van der Waals surface area contributed by atoms with E-state index in [1.165, 1.54) is 5.56 Å². The lowest BCUT2D eigenvalue weighted by atomic mass is 9.85. The Morgan fingerprint density at radius 2 is 1.85 bits per heavy atom. The van der Waals surface area contributed by atoms with Crippen molar-refractivity contribution in [3.63, 3.8) is 0 Å². The molecule has 13 heavy (non-hydrogen) atoms. The Morgan fingerprint density at radius 1 is 1.23 bits per heavy atom. The largest absolute Gasteiger partial charge is 0.304 e. The van der Waals surface area contributed by atoms with Gasteiger partial charge in [0, 0.05) is 11.1 Å². The third kappa shape index (κ3) is 2.41. The van der Waals surface area contributed by atoms with Gasteiger partial charge in [0.15, 0.2) is 0 Å². The molecular weight excluding hydrogens is 158 g/mol. The highest BCUT2D eigenvalue weighted by Gasteiger charge is 2.18. The summed E-state index contributed by atoms with van der Waals surface area (Å²) in [4.78, 5) is 0. The van der Waals surface area contributed by atoms with Crippen molar-refractivity contribution in [3.8, 4) is 0 Å². The second-order valence-electron chi connectivity index (χ2n) is 4.49. The molecule has 0 spiro atoms. The Morgan fingerprint density at radius 3 is 2.31 bits per heavy atom. The van der Waals surface area contributed by atoms with Crippen LogP contribution in [0.15, 0.2) is 24.3 Å². The number of nitrogens with one attached hydrogen (secondary N) is 1. The number of aryl methyl sites for hydroxylation is 1. The molecule has 0 aliphatic heterocycles. The van der Waals surface area contributed by atoms with E-state index in [4.69, 9.17) is 5.41 Å². The van der Waals surface area contributed by atoms with E-state index < -0.39 is 0 Å².